The molecule has 0 aliphatic rings. The van der Waals surface area contributed by atoms with E-state index in [-0.39, 0.29) is 29.8 Å². The highest BCUT2D eigenvalue weighted by Crippen LogP contribution is 2.29. The third kappa shape index (κ3) is 8.46. The predicted octanol–water partition coefficient (Wildman–Crippen LogP) is 4.27. The highest BCUT2D eigenvalue weighted by atomic mass is 32.2. The number of hydrogen-bond donors (Lipinski definition) is 4. The summed E-state index contributed by atoms with van der Waals surface area (Å²) in [5.41, 5.74) is 1.94. The minimum atomic E-state index is -4.79. The topological polar surface area (TPSA) is 108 Å². The van der Waals surface area contributed by atoms with E-state index < -0.39 is 22.5 Å². The summed E-state index contributed by atoms with van der Waals surface area (Å²) in [5, 5.41) is 23.8. The second-order valence-electron chi connectivity index (χ2n) is 7.93. The van der Waals surface area contributed by atoms with Gasteiger partial charge in [0.25, 0.3) is 0 Å². The molecule has 0 amide bonds. The number of benzene rings is 3. The van der Waals surface area contributed by atoms with Crippen LogP contribution >= 0.6 is 0 Å². The second kappa shape index (κ2) is 11.0. The summed E-state index contributed by atoms with van der Waals surface area (Å²) in [4.78, 5) is 0. The van der Waals surface area contributed by atoms with Crippen molar-refractivity contribution in [1.82, 2.24) is 5.32 Å². The molecule has 0 radical (unpaired) electrons. The normalized spacial score (nSPS) is 13.7. The van der Waals surface area contributed by atoms with E-state index in [1.807, 2.05) is 30.3 Å². The van der Waals surface area contributed by atoms with Gasteiger partial charge in [0.2, 0.25) is 10.0 Å². The van der Waals surface area contributed by atoms with E-state index in [1.165, 1.54) is 42.5 Å². The van der Waals surface area contributed by atoms with Crippen molar-refractivity contribution in [3.05, 3.63) is 89.5 Å². The van der Waals surface area contributed by atoms with Crippen LogP contribution in [0.1, 0.15) is 28.8 Å². The van der Waals surface area contributed by atoms with Gasteiger partial charge in [-0.25, -0.2) is 8.42 Å². The highest BCUT2D eigenvalue weighted by molar-refractivity contribution is 7.92. The van der Waals surface area contributed by atoms with Gasteiger partial charge in [0, 0.05) is 12.6 Å². The maximum Gasteiger partial charge on any atom is 0.573 e. The quantitative estimate of drug-likeness (QED) is 0.304. The van der Waals surface area contributed by atoms with Gasteiger partial charge in [-0.2, -0.15) is 0 Å². The maximum atomic E-state index is 12.5. The molecule has 7 nitrogen and oxygen atoms in total. The first-order chi connectivity index (χ1) is 16.4. The molecule has 3 aromatic rings. The summed E-state index contributed by atoms with van der Waals surface area (Å²) >= 11 is 0. The maximum absolute atomic E-state index is 12.5. The van der Waals surface area contributed by atoms with E-state index in [1.54, 1.807) is 0 Å². The van der Waals surface area contributed by atoms with E-state index in [2.05, 4.69) is 14.8 Å². The Labute approximate surface area is 201 Å². The Hall–Kier alpha value is -3.28. The van der Waals surface area contributed by atoms with Gasteiger partial charge >= 0.3 is 6.36 Å². The molecule has 3 aromatic carbocycles. The van der Waals surface area contributed by atoms with Crippen molar-refractivity contribution in [2.24, 2.45) is 0 Å². The van der Waals surface area contributed by atoms with Crippen molar-refractivity contribution >= 4 is 15.7 Å². The minimum absolute atomic E-state index is 0.0430. The van der Waals surface area contributed by atoms with Crippen LogP contribution in [0, 0.1) is 0 Å². The Morgan fingerprint density at radius 1 is 0.971 bits per heavy atom. The molecule has 0 saturated carbocycles. The number of rotatable bonds is 10. The molecule has 0 spiro atoms. The van der Waals surface area contributed by atoms with Crippen molar-refractivity contribution in [1.29, 1.82) is 0 Å². The number of aliphatic hydroxyl groups excluding tert-OH is 1. The molecule has 2 atom stereocenters. The Morgan fingerprint density at radius 3 is 2.20 bits per heavy atom. The summed E-state index contributed by atoms with van der Waals surface area (Å²) in [6.07, 6.45) is -4.43. The summed E-state index contributed by atoms with van der Waals surface area (Å²) in [7, 11) is -3.64. The zero-order valence-electron chi connectivity index (χ0n) is 18.7. The molecule has 188 valence electrons. The monoisotopic (exact) mass is 510 g/mol. The van der Waals surface area contributed by atoms with Crippen molar-refractivity contribution in [2.45, 2.75) is 24.9 Å². The molecule has 0 aliphatic carbocycles. The van der Waals surface area contributed by atoms with E-state index in [9.17, 15) is 31.8 Å². The fraction of sp³-hybridized carbons (Fsp3) is 0.250. The van der Waals surface area contributed by atoms with Gasteiger partial charge in [0.1, 0.15) is 11.5 Å². The number of ether oxygens (including phenoxy) is 1. The summed E-state index contributed by atoms with van der Waals surface area (Å²) in [5.74, 6) is -0.628. The average molecular weight is 511 g/mol. The van der Waals surface area contributed by atoms with E-state index >= 15 is 0 Å². The molecule has 11 heteroatoms. The van der Waals surface area contributed by atoms with Crippen LogP contribution in [0.4, 0.5) is 18.9 Å². The lowest BCUT2D eigenvalue weighted by Gasteiger charge is -2.22. The minimum Gasteiger partial charge on any atom is -0.506 e. The smallest absolute Gasteiger partial charge is 0.506 e. The zero-order chi connectivity index (χ0) is 25.6. The van der Waals surface area contributed by atoms with E-state index in [0.717, 1.165) is 11.8 Å². The number of anilines is 1. The summed E-state index contributed by atoms with van der Waals surface area (Å²) < 4.78 is 66.6. The Morgan fingerprint density at radius 2 is 1.60 bits per heavy atom. The Balaban J connectivity index is 1.77. The SMILES string of the molecule is CS(=O)(=O)Nc1cc([C@@H](O)CNC(Cc2ccccc2)c2ccc(OC(F)(F)F)cc2)ccc1O. The zero-order valence-corrected chi connectivity index (χ0v) is 19.5. The standard InChI is InChI=1S/C24H25F3N2O5S/c1-35(32,33)29-21-14-18(9-12-22(21)30)23(31)15-28-20(13-16-5-3-2-4-6-16)17-7-10-19(11-8-17)34-24(25,26)27/h2-12,14,20,23,28-31H,13,15H2,1H3/t20?,23-/m0/s1. The molecule has 0 fully saturated rings. The fourth-order valence-electron chi connectivity index (χ4n) is 3.47. The molecular weight excluding hydrogens is 485 g/mol. The molecule has 0 aromatic heterocycles. The van der Waals surface area contributed by atoms with Gasteiger partial charge in [-0.3, -0.25) is 4.72 Å². The van der Waals surface area contributed by atoms with Gasteiger partial charge in [-0.1, -0.05) is 48.5 Å². The van der Waals surface area contributed by atoms with Gasteiger partial charge in [0.05, 0.1) is 18.0 Å². The molecule has 35 heavy (non-hydrogen) atoms. The number of aliphatic hydroxyl groups is 1. The lowest BCUT2D eigenvalue weighted by molar-refractivity contribution is -0.274. The molecule has 0 bridgehead atoms. The lowest BCUT2D eigenvalue weighted by atomic mass is 9.98. The van der Waals surface area contributed by atoms with Crippen LogP contribution in [0.2, 0.25) is 0 Å². The van der Waals surface area contributed by atoms with Gasteiger partial charge in [0.15, 0.2) is 0 Å². The number of alkyl halides is 3. The fourth-order valence-corrected chi connectivity index (χ4v) is 4.04. The van der Waals surface area contributed by atoms with Crippen LogP contribution in [-0.4, -0.2) is 37.8 Å². The average Bonchev–Trinajstić information content (AvgIpc) is 2.77. The van der Waals surface area contributed by atoms with Crippen molar-refractivity contribution in [3.8, 4) is 11.5 Å². The third-order valence-electron chi connectivity index (χ3n) is 5.06. The molecule has 0 heterocycles. The summed E-state index contributed by atoms with van der Waals surface area (Å²) in [6.45, 7) is 0.0430. The van der Waals surface area contributed by atoms with Crippen molar-refractivity contribution < 1.29 is 36.5 Å². The number of hydrogen-bond acceptors (Lipinski definition) is 6. The molecule has 3 rings (SSSR count). The number of phenolic OH excluding ortho intramolecular Hbond substituents is 1. The Bertz CT molecular complexity index is 1220. The largest absolute Gasteiger partial charge is 0.573 e. The van der Waals surface area contributed by atoms with Crippen LogP contribution in [0.5, 0.6) is 11.5 Å². The highest BCUT2D eigenvalue weighted by Gasteiger charge is 2.31. The van der Waals surface area contributed by atoms with Crippen LogP contribution in [-0.2, 0) is 16.4 Å². The molecule has 0 saturated heterocycles. The molecule has 1 unspecified atom stereocenters. The lowest BCUT2D eigenvalue weighted by Crippen LogP contribution is -2.28. The van der Waals surface area contributed by atoms with Crippen LogP contribution in [0.3, 0.4) is 0 Å². The van der Waals surface area contributed by atoms with E-state index in [0.29, 0.717) is 17.5 Å². The number of halogens is 3. The van der Waals surface area contributed by atoms with Crippen LogP contribution in [0.25, 0.3) is 0 Å². The first-order valence-corrected chi connectivity index (χ1v) is 12.4. The molecule has 0 aliphatic heterocycles. The molecular formula is C24H25F3N2O5S. The van der Waals surface area contributed by atoms with Crippen LogP contribution in [0.15, 0.2) is 72.8 Å². The first-order valence-electron chi connectivity index (χ1n) is 10.5. The number of phenols is 1. The van der Waals surface area contributed by atoms with Crippen molar-refractivity contribution in [3.63, 3.8) is 0 Å². The first kappa shape index (κ1) is 26.3. The van der Waals surface area contributed by atoms with Crippen molar-refractivity contribution in [2.75, 3.05) is 17.5 Å². The second-order valence-corrected chi connectivity index (χ2v) is 9.68. The number of sulfonamides is 1. The van der Waals surface area contributed by atoms with Gasteiger partial charge in [-0.05, 0) is 47.4 Å². The van der Waals surface area contributed by atoms with Gasteiger partial charge < -0.3 is 20.3 Å². The Kier molecular flexibility index (Phi) is 8.26. The van der Waals surface area contributed by atoms with Gasteiger partial charge in [-0.15, -0.1) is 13.2 Å². The van der Waals surface area contributed by atoms with E-state index in [4.69, 9.17) is 0 Å². The molecule has 4 N–H and O–H groups in total. The number of nitrogens with one attached hydrogen (secondary N) is 2. The predicted molar refractivity (Wildman–Crippen MR) is 126 cm³/mol. The summed E-state index contributed by atoms with van der Waals surface area (Å²) in [6, 6.07) is 18.6. The van der Waals surface area contributed by atoms with Crippen LogP contribution < -0.4 is 14.8 Å². The number of aromatic hydroxyl groups is 1. The third-order valence-corrected chi connectivity index (χ3v) is 5.65.